The summed E-state index contributed by atoms with van der Waals surface area (Å²) in [6.07, 6.45) is -2.12. The summed E-state index contributed by atoms with van der Waals surface area (Å²) in [5.41, 5.74) is 0.909. The summed E-state index contributed by atoms with van der Waals surface area (Å²) in [7, 11) is 0. The molecule has 0 spiro atoms. The lowest BCUT2D eigenvalue weighted by atomic mass is 10.0. The molecule has 87 heavy (non-hydrogen) atoms. The van der Waals surface area contributed by atoms with Crippen LogP contribution < -0.4 is 25.0 Å². The highest BCUT2D eigenvalue weighted by atomic mass is 19.4. The molecule has 484 valence electrons. The van der Waals surface area contributed by atoms with Crippen molar-refractivity contribution in [1.82, 2.24) is 55.0 Å². The van der Waals surface area contributed by atoms with Crippen LogP contribution in [0.25, 0.3) is 11.3 Å². The van der Waals surface area contributed by atoms with Crippen LogP contribution >= 0.6 is 0 Å². The summed E-state index contributed by atoms with van der Waals surface area (Å²) in [6.45, 7) is 11.0. The molecule has 2 fully saturated rings. The molecule has 2 amide bonds. The van der Waals surface area contributed by atoms with Gasteiger partial charge in [0.05, 0.1) is 114 Å². The fourth-order valence-electron chi connectivity index (χ4n) is 9.95. The average Bonchev–Trinajstić information content (AvgIpc) is 1.28. The molecule has 27 nitrogen and oxygen atoms in total. The number of carbonyl (C=O) groups excluding carboxylic acids is 2. The van der Waals surface area contributed by atoms with Crippen LogP contribution in [0.1, 0.15) is 55.4 Å². The molecule has 0 unspecified atom stereocenters. The van der Waals surface area contributed by atoms with Gasteiger partial charge in [0.1, 0.15) is 0 Å². The number of rotatable bonds is 36. The smallest absolute Gasteiger partial charge is 0.434 e. The number of halogens is 3. The summed E-state index contributed by atoms with van der Waals surface area (Å²) in [4.78, 5) is 98.6. The number of carbonyl (C=O) groups is 6. The molecular weight excluding hydrogens is 1150 g/mol. The van der Waals surface area contributed by atoms with E-state index in [1.807, 2.05) is 36.9 Å². The minimum atomic E-state index is -4.88. The Morgan fingerprint density at radius 3 is 1.80 bits per heavy atom. The van der Waals surface area contributed by atoms with Crippen LogP contribution in [0.3, 0.4) is 0 Å². The molecule has 2 saturated heterocycles. The SMILES string of the molecule is CCOc1ccc(C(=O)N2CCN(c3ccc(-c4cccnc4OCC)nc3CNCCCN(CCOCCOCCOCCNC(=O)CN3CCN(CC(=O)O)CCN(CC(=O)O)CCN(CC(=O)O)CC3)CC(=O)O)[C@H](CC)C2)c(C(F)(F)F)n1. The van der Waals surface area contributed by atoms with Crippen molar-refractivity contribution in [3.63, 3.8) is 0 Å². The molecule has 6 N–H and O–H groups in total. The normalized spacial score (nSPS) is 16.3. The fraction of sp³-hybridized carbons (Fsp3) is 0.632. The third kappa shape index (κ3) is 25.4. The van der Waals surface area contributed by atoms with Gasteiger partial charge in [0, 0.05) is 116 Å². The van der Waals surface area contributed by atoms with Gasteiger partial charge in [-0.15, -0.1) is 0 Å². The molecule has 2 aliphatic rings. The van der Waals surface area contributed by atoms with Crippen molar-refractivity contribution in [1.29, 1.82) is 0 Å². The zero-order valence-corrected chi connectivity index (χ0v) is 49.9. The molecule has 5 heterocycles. The van der Waals surface area contributed by atoms with E-state index >= 15 is 0 Å². The van der Waals surface area contributed by atoms with E-state index in [4.69, 9.17) is 28.7 Å². The Kier molecular flexibility index (Phi) is 30.7. The van der Waals surface area contributed by atoms with Crippen LogP contribution in [-0.4, -0.2) is 290 Å². The second-order valence-corrected chi connectivity index (χ2v) is 20.6. The van der Waals surface area contributed by atoms with E-state index in [2.05, 4.69) is 25.5 Å². The van der Waals surface area contributed by atoms with Gasteiger partial charge in [0.2, 0.25) is 17.7 Å². The number of aliphatic carboxylic acids is 4. The van der Waals surface area contributed by atoms with Crippen molar-refractivity contribution in [3.05, 3.63) is 59.5 Å². The summed E-state index contributed by atoms with van der Waals surface area (Å²) in [5, 5.41) is 44.3. The second kappa shape index (κ2) is 37.7. The third-order valence-corrected chi connectivity index (χ3v) is 14.2. The number of alkyl halides is 3. The van der Waals surface area contributed by atoms with Gasteiger partial charge in [-0.1, -0.05) is 6.92 Å². The molecule has 0 aromatic carbocycles. The number of carboxylic acids is 4. The zero-order chi connectivity index (χ0) is 63.1. The highest BCUT2D eigenvalue weighted by Gasteiger charge is 2.40. The van der Waals surface area contributed by atoms with Crippen LogP contribution in [0, 0.1) is 0 Å². The monoisotopic (exact) mass is 1230 g/mol. The topological polar surface area (TPSA) is 315 Å². The Bertz CT molecular complexity index is 2620. The maximum Gasteiger partial charge on any atom is 0.434 e. The molecule has 3 aromatic heterocycles. The molecule has 30 heteroatoms. The number of nitrogens with zero attached hydrogens (tertiary/aromatic N) is 10. The quantitative estimate of drug-likeness (QED) is 0.0451. The lowest BCUT2D eigenvalue weighted by molar-refractivity contribution is -0.142. The van der Waals surface area contributed by atoms with Crippen LogP contribution in [-0.2, 0) is 50.9 Å². The molecule has 0 bridgehead atoms. The molecule has 3 aromatic rings. The van der Waals surface area contributed by atoms with E-state index in [-0.39, 0.29) is 156 Å². The van der Waals surface area contributed by atoms with Crippen molar-refractivity contribution >= 4 is 41.4 Å². The van der Waals surface area contributed by atoms with E-state index in [1.54, 1.807) is 38.8 Å². The fourth-order valence-corrected chi connectivity index (χ4v) is 9.95. The van der Waals surface area contributed by atoms with E-state index in [9.17, 15) is 62.4 Å². The number of hydrogen-bond acceptors (Lipinski definition) is 21. The zero-order valence-electron chi connectivity index (χ0n) is 49.9. The Labute approximate surface area is 504 Å². The predicted molar refractivity (Wildman–Crippen MR) is 311 cm³/mol. The van der Waals surface area contributed by atoms with Gasteiger partial charge < -0.3 is 64.5 Å². The second-order valence-electron chi connectivity index (χ2n) is 20.6. The first kappa shape index (κ1) is 70.9. The van der Waals surface area contributed by atoms with Gasteiger partial charge in [-0.05, 0) is 63.6 Å². The summed E-state index contributed by atoms with van der Waals surface area (Å²) < 4.78 is 70.7. The molecule has 5 rings (SSSR count). The number of hydrogen-bond donors (Lipinski definition) is 6. The lowest BCUT2D eigenvalue weighted by Gasteiger charge is -2.43. The molecular formula is C57H85F3N12O15. The number of pyridine rings is 3. The predicted octanol–water partition coefficient (Wildman–Crippen LogP) is 1.60. The van der Waals surface area contributed by atoms with Crippen LogP contribution in [0.5, 0.6) is 11.8 Å². The Hall–Kier alpha value is -6.90. The maximum atomic E-state index is 14.2. The molecule has 0 radical (unpaired) electrons. The highest BCUT2D eigenvalue weighted by Crippen LogP contribution is 2.35. The van der Waals surface area contributed by atoms with Crippen molar-refractivity contribution in [2.75, 3.05) is 189 Å². The minimum absolute atomic E-state index is 0.0206. The minimum Gasteiger partial charge on any atom is -0.480 e. The van der Waals surface area contributed by atoms with E-state index in [0.29, 0.717) is 88.1 Å². The van der Waals surface area contributed by atoms with Gasteiger partial charge >= 0.3 is 30.1 Å². The van der Waals surface area contributed by atoms with Crippen molar-refractivity contribution in [2.24, 2.45) is 0 Å². The van der Waals surface area contributed by atoms with Gasteiger partial charge in [-0.25, -0.2) is 15.0 Å². The Morgan fingerprint density at radius 2 is 1.24 bits per heavy atom. The third-order valence-electron chi connectivity index (χ3n) is 14.2. The summed E-state index contributed by atoms with van der Waals surface area (Å²) in [5.74, 6) is -4.99. The van der Waals surface area contributed by atoms with Crippen LogP contribution in [0.2, 0.25) is 0 Å². The van der Waals surface area contributed by atoms with Gasteiger partial charge in [0.15, 0.2) is 5.69 Å². The Balaban J connectivity index is 1.04. The van der Waals surface area contributed by atoms with Crippen LogP contribution in [0.15, 0.2) is 42.6 Å². The van der Waals surface area contributed by atoms with Crippen molar-refractivity contribution in [2.45, 2.75) is 52.4 Å². The number of carboxylic acid groups (broad SMARTS) is 4. The molecule has 0 saturated carbocycles. The number of nitrogens with one attached hydrogen (secondary N) is 2. The molecule has 2 aliphatic heterocycles. The van der Waals surface area contributed by atoms with Gasteiger partial charge in [0.25, 0.3) is 5.91 Å². The van der Waals surface area contributed by atoms with E-state index in [1.165, 1.54) is 11.0 Å². The number of anilines is 1. The van der Waals surface area contributed by atoms with Crippen molar-refractivity contribution < 1.29 is 86.0 Å². The first-order valence-corrected chi connectivity index (χ1v) is 29.3. The number of ether oxygens (including phenoxy) is 5. The van der Waals surface area contributed by atoms with Crippen LogP contribution in [0.4, 0.5) is 18.9 Å². The van der Waals surface area contributed by atoms with Gasteiger partial charge in [-0.2, -0.15) is 13.2 Å². The molecule has 1 atom stereocenters. The lowest BCUT2D eigenvalue weighted by Crippen LogP contribution is -2.55. The molecule has 0 aliphatic carbocycles. The number of aromatic nitrogens is 3. The average molecular weight is 1240 g/mol. The largest absolute Gasteiger partial charge is 0.480 e. The first-order chi connectivity index (χ1) is 41.8. The highest BCUT2D eigenvalue weighted by molar-refractivity contribution is 5.96. The standard InChI is InChI=1S/C57H85F3N12O15/c1-4-42-36-71(56(82)44-10-13-49(86-5-2)65-54(44)57(58,59)60)26-27-72(42)47-12-11-45(43-9-7-15-63-55(43)87-6-3)64-46(47)35-61-14-8-17-66(38-50(74)75)28-30-84-32-34-85-33-31-83-29-16-62-48(73)37-67-18-20-68(39-51(76)77)22-24-70(41-53(80)81)25-23-69(21-19-67)40-52(78)79/h7,9-13,15,42,61H,4-6,8,14,16-41H2,1-3H3,(H,62,73)(H,74,75)(H,76,77)(H,78,79)(H,80,81)/t42-/m1/s1. The van der Waals surface area contributed by atoms with E-state index < -0.39 is 47.2 Å². The Morgan fingerprint density at radius 1 is 0.655 bits per heavy atom. The number of piperazine rings is 1. The first-order valence-electron chi connectivity index (χ1n) is 29.3. The summed E-state index contributed by atoms with van der Waals surface area (Å²) >= 11 is 0. The van der Waals surface area contributed by atoms with Gasteiger partial charge in [-0.3, -0.25) is 53.3 Å². The maximum absolute atomic E-state index is 14.2. The summed E-state index contributed by atoms with van der Waals surface area (Å²) in [6, 6.07) is 9.57. The van der Waals surface area contributed by atoms with Crippen molar-refractivity contribution in [3.8, 4) is 23.0 Å². The van der Waals surface area contributed by atoms with E-state index in [0.717, 1.165) is 11.8 Å². The number of amides is 2.